The minimum absolute atomic E-state index is 0.0960. The van der Waals surface area contributed by atoms with Gasteiger partial charge in [-0.15, -0.1) is 10.2 Å². The molecule has 0 saturated carbocycles. The van der Waals surface area contributed by atoms with E-state index in [1.807, 2.05) is 30.3 Å². The highest BCUT2D eigenvalue weighted by molar-refractivity contribution is 5.77. The van der Waals surface area contributed by atoms with E-state index in [4.69, 9.17) is 9.15 Å². The lowest BCUT2D eigenvalue weighted by Gasteiger charge is -2.29. The quantitative estimate of drug-likeness (QED) is 0.577. The van der Waals surface area contributed by atoms with Gasteiger partial charge in [0.05, 0.1) is 37.6 Å². The summed E-state index contributed by atoms with van der Waals surface area (Å²) in [5.74, 6) is 1.77. The van der Waals surface area contributed by atoms with Crippen molar-refractivity contribution in [1.82, 2.24) is 30.4 Å². The van der Waals surface area contributed by atoms with E-state index in [1.165, 1.54) is 0 Å². The number of fused-ring (bicyclic) bond motifs is 1. The van der Waals surface area contributed by atoms with Crippen molar-refractivity contribution in [2.75, 3.05) is 26.2 Å². The summed E-state index contributed by atoms with van der Waals surface area (Å²) in [5.41, 5.74) is 2.06. The Bertz CT molecular complexity index is 1170. The molecule has 172 valence electrons. The Morgan fingerprint density at radius 1 is 1.18 bits per heavy atom. The van der Waals surface area contributed by atoms with Crippen molar-refractivity contribution in [2.45, 2.75) is 38.3 Å². The van der Waals surface area contributed by atoms with Gasteiger partial charge < -0.3 is 19.5 Å². The Hall–Kier alpha value is -3.37. The van der Waals surface area contributed by atoms with Gasteiger partial charge in [0.2, 0.25) is 17.7 Å². The molecule has 0 spiro atoms. The Kier molecular flexibility index (Phi) is 6.27. The van der Waals surface area contributed by atoms with E-state index in [-0.39, 0.29) is 30.5 Å². The molecule has 10 nitrogen and oxygen atoms in total. The predicted octanol–water partition coefficient (Wildman–Crippen LogP) is 1.39. The van der Waals surface area contributed by atoms with Crippen LogP contribution in [0.1, 0.15) is 41.7 Å². The zero-order valence-electron chi connectivity index (χ0n) is 18.2. The molecule has 4 heterocycles. The summed E-state index contributed by atoms with van der Waals surface area (Å²) in [7, 11) is 0. The number of aromatic amines is 1. The van der Waals surface area contributed by atoms with Crippen molar-refractivity contribution in [3.63, 3.8) is 0 Å². The number of ether oxygens (including phenoxy) is 1. The zero-order chi connectivity index (χ0) is 22.6. The van der Waals surface area contributed by atoms with Crippen LogP contribution in [-0.2, 0) is 29.1 Å². The molecule has 1 saturated heterocycles. The lowest BCUT2D eigenvalue weighted by Crippen LogP contribution is -2.41. The van der Waals surface area contributed by atoms with E-state index in [2.05, 4.69) is 30.4 Å². The van der Waals surface area contributed by atoms with Crippen LogP contribution in [0.15, 0.2) is 39.5 Å². The van der Waals surface area contributed by atoms with E-state index < -0.39 is 0 Å². The third-order valence-electron chi connectivity index (χ3n) is 6.10. The monoisotopic (exact) mass is 450 g/mol. The number of amides is 1. The maximum Gasteiger partial charge on any atom is 0.256 e. The van der Waals surface area contributed by atoms with E-state index >= 15 is 0 Å². The molecular formula is C23H26N6O4. The number of carbonyl (C=O) groups is 1. The standard InChI is InChI=1S/C23H26N6O4/c30-20(24-12-19-25-18-8-11-32-14-17(18)21(31)26-19)13-29-9-6-16(7-10-29)23-28-27-22(33-23)15-4-2-1-3-5-15/h1-5,16H,6-14H2,(H,24,30)(H,25,26,31). The first-order valence-corrected chi connectivity index (χ1v) is 11.2. The molecule has 3 aromatic rings. The van der Waals surface area contributed by atoms with Gasteiger partial charge in [-0.2, -0.15) is 0 Å². The number of benzene rings is 1. The van der Waals surface area contributed by atoms with Gasteiger partial charge in [0.25, 0.3) is 5.56 Å². The first-order chi connectivity index (χ1) is 16.2. The first kappa shape index (κ1) is 21.5. The first-order valence-electron chi connectivity index (χ1n) is 11.2. The minimum Gasteiger partial charge on any atom is -0.420 e. The summed E-state index contributed by atoms with van der Waals surface area (Å²) in [4.78, 5) is 33.9. The highest BCUT2D eigenvalue weighted by Gasteiger charge is 2.26. The van der Waals surface area contributed by atoms with Gasteiger partial charge in [0.1, 0.15) is 5.82 Å². The maximum atomic E-state index is 12.4. The van der Waals surface area contributed by atoms with Crippen molar-refractivity contribution < 1.29 is 13.9 Å². The predicted molar refractivity (Wildman–Crippen MR) is 118 cm³/mol. The second kappa shape index (κ2) is 9.63. The van der Waals surface area contributed by atoms with Crippen molar-refractivity contribution in [2.24, 2.45) is 0 Å². The molecule has 5 rings (SSSR count). The number of piperidine rings is 1. The fraction of sp³-hybridized carbons (Fsp3) is 0.435. The number of rotatable bonds is 6. The number of aromatic nitrogens is 4. The third-order valence-corrected chi connectivity index (χ3v) is 6.10. The number of nitrogens with one attached hydrogen (secondary N) is 2. The van der Waals surface area contributed by atoms with Crippen molar-refractivity contribution in [3.05, 3.63) is 63.7 Å². The fourth-order valence-electron chi connectivity index (χ4n) is 4.25. The number of nitrogens with zero attached hydrogens (tertiary/aromatic N) is 4. The molecule has 0 atom stereocenters. The van der Waals surface area contributed by atoms with Gasteiger partial charge in [-0.1, -0.05) is 18.2 Å². The molecule has 33 heavy (non-hydrogen) atoms. The number of carbonyl (C=O) groups excluding carboxylic acids is 1. The van der Waals surface area contributed by atoms with Gasteiger partial charge in [-0.05, 0) is 38.1 Å². The summed E-state index contributed by atoms with van der Waals surface area (Å²) < 4.78 is 11.2. The molecule has 1 aromatic carbocycles. The van der Waals surface area contributed by atoms with Crippen LogP contribution >= 0.6 is 0 Å². The van der Waals surface area contributed by atoms with Crippen LogP contribution in [-0.4, -0.2) is 57.2 Å². The molecule has 2 aliphatic heterocycles. The summed E-state index contributed by atoms with van der Waals surface area (Å²) >= 11 is 0. The van der Waals surface area contributed by atoms with E-state index in [1.54, 1.807) is 0 Å². The molecule has 0 unspecified atom stereocenters. The largest absolute Gasteiger partial charge is 0.420 e. The average Bonchev–Trinajstić information content (AvgIpc) is 3.34. The van der Waals surface area contributed by atoms with Crippen LogP contribution in [0.25, 0.3) is 11.5 Å². The van der Waals surface area contributed by atoms with Crippen LogP contribution in [0, 0.1) is 0 Å². The normalized spacial score (nSPS) is 17.0. The zero-order valence-corrected chi connectivity index (χ0v) is 18.2. The topological polar surface area (TPSA) is 126 Å². The van der Waals surface area contributed by atoms with Crippen LogP contribution in [0.3, 0.4) is 0 Å². The van der Waals surface area contributed by atoms with Gasteiger partial charge in [-0.3, -0.25) is 14.5 Å². The molecule has 2 N–H and O–H groups in total. The lowest BCUT2D eigenvalue weighted by atomic mass is 9.97. The van der Waals surface area contributed by atoms with Crippen LogP contribution in [0.5, 0.6) is 0 Å². The molecule has 0 aliphatic carbocycles. The second-order valence-corrected chi connectivity index (χ2v) is 8.38. The van der Waals surface area contributed by atoms with E-state index in [0.717, 1.165) is 37.2 Å². The van der Waals surface area contributed by atoms with Crippen molar-refractivity contribution in [1.29, 1.82) is 0 Å². The molecule has 2 aromatic heterocycles. The molecule has 2 aliphatic rings. The summed E-state index contributed by atoms with van der Waals surface area (Å²) in [6.45, 7) is 2.89. The fourth-order valence-corrected chi connectivity index (χ4v) is 4.25. The van der Waals surface area contributed by atoms with Gasteiger partial charge in [0, 0.05) is 17.9 Å². The number of likely N-dealkylation sites (tertiary alicyclic amines) is 1. The SMILES string of the molecule is O=C(CN1CCC(c2nnc(-c3ccccc3)o2)CC1)NCc1nc2c(c(=O)[nH]1)COCC2. The van der Waals surface area contributed by atoms with Gasteiger partial charge >= 0.3 is 0 Å². The second-order valence-electron chi connectivity index (χ2n) is 8.38. The molecule has 0 bridgehead atoms. The minimum atomic E-state index is -0.192. The number of H-pyrrole nitrogens is 1. The maximum absolute atomic E-state index is 12.4. The third kappa shape index (κ3) is 5.01. The number of hydrogen-bond acceptors (Lipinski definition) is 8. The average molecular weight is 450 g/mol. The highest BCUT2D eigenvalue weighted by Crippen LogP contribution is 2.29. The molecule has 10 heteroatoms. The molecule has 1 fully saturated rings. The van der Waals surface area contributed by atoms with Crippen LogP contribution in [0.4, 0.5) is 0 Å². The molecule has 1 amide bonds. The van der Waals surface area contributed by atoms with Gasteiger partial charge in [-0.25, -0.2) is 4.98 Å². The molecular weight excluding hydrogens is 424 g/mol. The Morgan fingerprint density at radius 3 is 2.82 bits per heavy atom. The Labute approximate surface area is 190 Å². The Balaban J connectivity index is 1.10. The summed E-state index contributed by atoms with van der Waals surface area (Å²) in [6.07, 6.45) is 2.32. The summed E-state index contributed by atoms with van der Waals surface area (Å²) in [6, 6.07) is 9.73. The van der Waals surface area contributed by atoms with Crippen LogP contribution in [0.2, 0.25) is 0 Å². The van der Waals surface area contributed by atoms with Gasteiger partial charge in [0.15, 0.2) is 0 Å². The van der Waals surface area contributed by atoms with E-state index in [0.29, 0.717) is 42.7 Å². The highest BCUT2D eigenvalue weighted by atomic mass is 16.5. The van der Waals surface area contributed by atoms with E-state index in [9.17, 15) is 9.59 Å². The van der Waals surface area contributed by atoms with Crippen molar-refractivity contribution >= 4 is 5.91 Å². The Morgan fingerprint density at radius 2 is 2.00 bits per heavy atom. The van der Waals surface area contributed by atoms with Crippen molar-refractivity contribution in [3.8, 4) is 11.5 Å². The summed E-state index contributed by atoms with van der Waals surface area (Å²) in [5, 5.41) is 11.3. The smallest absolute Gasteiger partial charge is 0.256 e. The van der Waals surface area contributed by atoms with Crippen LogP contribution < -0.4 is 10.9 Å². The number of hydrogen-bond donors (Lipinski definition) is 2. The lowest BCUT2D eigenvalue weighted by molar-refractivity contribution is -0.122. The molecule has 0 radical (unpaired) electrons.